The quantitative estimate of drug-likeness (QED) is 0.726. The average Bonchev–Trinajstić information content (AvgIpc) is 3.21. The molecule has 0 radical (unpaired) electrons. The lowest BCUT2D eigenvalue weighted by Crippen LogP contribution is -2.50. The van der Waals surface area contributed by atoms with Gasteiger partial charge in [0.2, 0.25) is 11.8 Å². The Kier molecular flexibility index (Phi) is 7.07. The minimum absolute atomic E-state index is 0.00526. The highest BCUT2D eigenvalue weighted by atomic mass is 35.5. The van der Waals surface area contributed by atoms with Crippen molar-refractivity contribution < 1.29 is 14.4 Å². The highest BCUT2D eigenvalue weighted by molar-refractivity contribution is 6.30. The van der Waals surface area contributed by atoms with Crippen LogP contribution in [0.15, 0.2) is 54.6 Å². The van der Waals surface area contributed by atoms with Crippen LogP contribution < -0.4 is 10.2 Å². The molecule has 2 aliphatic heterocycles. The molecule has 0 aromatic heterocycles. The molecule has 168 valence electrons. The van der Waals surface area contributed by atoms with Crippen LogP contribution >= 0.6 is 11.6 Å². The van der Waals surface area contributed by atoms with Crippen molar-refractivity contribution in [3.05, 3.63) is 65.2 Å². The molecule has 2 aromatic rings. The Morgan fingerprint density at radius 3 is 2.47 bits per heavy atom. The molecule has 2 heterocycles. The first kappa shape index (κ1) is 22.3. The molecule has 2 aromatic carbocycles. The van der Waals surface area contributed by atoms with E-state index in [0.29, 0.717) is 43.3 Å². The number of halogens is 1. The van der Waals surface area contributed by atoms with Crippen LogP contribution in [0.3, 0.4) is 0 Å². The fraction of sp³-hybridized carbons (Fsp3) is 0.375. The third-order valence-electron chi connectivity index (χ3n) is 6.02. The maximum absolute atomic E-state index is 12.6. The molecule has 2 aliphatic rings. The molecule has 32 heavy (non-hydrogen) atoms. The monoisotopic (exact) mass is 454 g/mol. The fourth-order valence-corrected chi connectivity index (χ4v) is 4.39. The third-order valence-corrected chi connectivity index (χ3v) is 6.26. The first-order valence-corrected chi connectivity index (χ1v) is 11.3. The first-order valence-electron chi connectivity index (χ1n) is 10.9. The van der Waals surface area contributed by atoms with E-state index in [0.717, 1.165) is 18.8 Å². The van der Waals surface area contributed by atoms with Gasteiger partial charge in [0.05, 0.1) is 5.92 Å². The van der Waals surface area contributed by atoms with E-state index >= 15 is 0 Å². The Hall–Kier alpha value is -2.90. The number of benzene rings is 2. The fourth-order valence-electron chi connectivity index (χ4n) is 4.20. The van der Waals surface area contributed by atoms with Crippen LogP contribution in [0.25, 0.3) is 0 Å². The summed E-state index contributed by atoms with van der Waals surface area (Å²) in [6.07, 6.45) is 0.241. The molecule has 2 saturated heterocycles. The summed E-state index contributed by atoms with van der Waals surface area (Å²) < 4.78 is 0. The predicted octanol–water partition coefficient (Wildman–Crippen LogP) is 2.27. The maximum atomic E-state index is 12.6. The van der Waals surface area contributed by atoms with Gasteiger partial charge in [0.1, 0.15) is 0 Å². The van der Waals surface area contributed by atoms with Gasteiger partial charge in [0.15, 0.2) is 0 Å². The van der Waals surface area contributed by atoms with Crippen LogP contribution in [-0.4, -0.2) is 73.3 Å². The van der Waals surface area contributed by atoms with Gasteiger partial charge in [0, 0.05) is 68.5 Å². The summed E-state index contributed by atoms with van der Waals surface area (Å²) in [5.41, 5.74) is 1.44. The molecule has 1 unspecified atom stereocenters. The largest absolute Gasteiger partial charge is 0.355 e. The molecule has 3 amide bonds. The number of hydrogen-bond donors (Lipinski definition) is 1. The van der Waals surface area contributed by atoms with Gasteiger partial charge >= 0.3 is 0 Å². The van der Waals surface area contributed by atoms with E-state index in [1.165, 1.54) is 0 Å². The third kappa shape index (κ3) is 5.29. The van der Waals surface area contributed by atoms with Crippen molar-refractivity contribution in [3.8, 4) is 0 Å². The number of rotatable bonds is 6. The van der Waals surface area contributed by atoms with Crippen molar-refractivity contribution in [2.75, 3.05) is 50.7 Å². The Labute approximate surface area is 192 Å². The molecule has 1 atom stereocenters. The molecule has 2 fully saturated rings. The smallest absolute Gasteiger partial charge is 0.253 e. The van der Waals surface area contributed by atoms with E-state index in [4.69, 9.17) is 11.6 Å². The van der Waals surface area contributed by atoms with E-state index in [1.807, 2.05) is 35.2 Å². The zero-order chi connectivity index (χ0) is 22.5. The SMILES string of the molecule is O=C(NCCN1CCN(C(=O)c2cccc(Cl)c2)CC1)C1CC(=O)N(c2ccccc2)C1. The minimum atomic E-state index is -0.324. The molecule has 0 saturated carbocycles. The summed E-state index contributed by atoms with van der Waals surface area (Å²) in [5.74, 6) is -0.424. The molecule has 0 aliphatic carbocycles. The zero-order valence-corrected chi connectivity index (χ0v) is 18.6. The second-order valence-electron chi connectivity index (χ2n) is 8.18. The van der Waals surface area contributed by atoms with E-state index in [2.05, 4.69) is 10.2 Å². The van der Waals surface area contributed by atoms with Crippen molar-refractivity contribution in [2.45, 2.75) is 6.42 Å². The zero-order valence-electron chi connectivity index (χ0n) is 17.9. The summed E-state index contributed by atoms with van der Waals surface area (Å²) in [6.45, 7) is 4.45. The van der Waals surface area contributed by atoms with E-state index < -0.39 is 0 Å². The van der Waals surface area contributed by atoms with E-state index in [9.17, 15) is 14.4 Å². The van der Waals surface area contributed by atoms with Crippen molar-refractivity contribution in [1.29, 1.82) is 0 Å². The van der Waals surface area contributed by atoms with Crippen LogP contribution in [0.1, 0.15) is 16.8 Å². The molecule has 7 nitrogen and oxygen atoms in total. The van der Waals surface area contributed by atoms with Gasteiger partial charge in [-0.25, -0.2) is 0 Å². The second kappa shape index (κ2) is 10.1. The Bertz CT molecular complexity index is 976. The molecular formula is C24H27ClN4O3. The number of nitrogens with one attached hydrogen (secondary N) is 1. The van der Waals surface area contributed by atoms with Gasteiger partial charge in [0.25, 0.3) is 5.91 Å². The van der Waals surface area contributed by atoms with E-state index in [-0.39, 0.29) is 30.1 Å². The molecule has 1 N–H and O–H groups in total. The molecular weight excluding hydrogens is 428 g/mol. The average molecular weight is 455 g/mol. The summed E-state index contributed by atoms with van der Waals surface area (Å²) in [4.78, 5) is 43.3. The lowest BCUT2D eigenvalue weighted by Gasteiger charge is -2.34. The normalized spacial score (nSPS) is 19.3. The number of carbonyl (C=O) groups excluding carboxylic acids is 3. The van der Waals surface area contributed by atoms with Crippen molar-refractivity contribution >= 4 is 35.0 Å². The number of carbonyl (C=O) groups is 3. The van der Waals surface area contributed by atoms with Crippen molar-refractivity contribution in [1.82, 2.24) is 15.1 Å². The predicted molar refractivity (Wildman–Crippen MR) is 124 cm³/mol. The number of anilines is 1. The molecule has 0 bridgehead atoms. The number of para-hydroxylation sites is 1. The van der Waals surface area contributed by atoms with Crippen LogP contribution in [0, 0.1) is 5.92 Å². The molecule has 0 spiro atoms. The lowest BCUT2D eigenvalue weighted by molar-refractivity contribution is -0.126. The van der Waals surface area contributed by atoms with Gasteiger partial charge in [-0.3, -0.25) is 19.3 Å². The van der Waals surface area contributed by atoms with Crippen LogP contribution in [0.4, 0.5) is 5.69 Å². The number of nitrogens with zero attached hydrogens (tertiary/aromatic N) is 3. The molecule has 8 heteroatoms. The lowest BCUT2D eigenvalue weighted by atomic mass is 10.1. The first-order chi connectivity index (χ1) is 15.5. The van der Waals surface area contributed by atoms with Gasteiger partial charge in [-0.2, -0.15) is 0 Å². The number of piperazine rings is 1. The Morgan fingerprint density at radius 1 is 1.00 bits per heavy atom. The van der Waals surface area contributed by atoms with E-state index in [1.54, 1.807) is 29.2 Å². The van der Waals surface area contributed by atoms with Gasteiger partial charge in [-0.15, -0.1) is 0 Å². The molecule has 4 rings (SSSR count). The Morgan fingerprint density at radius 2 is 1.75 bits per heavy atom. The van der Waals surface area contributed by atoms with Crippen LogP contribution in [0.5, 0.6) is 0 Å². The highest BCUT2D eigenvalue weighted by Crippen LogP contribution is 2.24. The summed E-state index contributed by atoms with van der Waals surface area (Å²) >= 11 is 5.99. The van der Waals surface area contributed by atoms with Gasteiger partial charge in [-0.05, 0) is 30.3 Å². The standard InChI is InChI=1S/C24H27ClN4O3/c25-20-6-4-5-18(15-20)24(32)28-13-11-27(12-14-28)10-9-26-23(31)19-16-22(30)29(17-19)21-7-2-1-3-8-21/h1-8,15,19H,9-14,16-17H2,(H,26,31). The van der Waals surface area contributed by atoms with Crippen LogP contribution in [0.2, 0.25) is 5.02 Å². The van der Waals surface area contributed by atoms with Crippen LogP contribution in [-0.2, 0) is 9.59 Å². The topological polar surface area (TPSA) is 73.0 Å². The van der Waals surface area contributed by atoms with Gasteiger partial charge < -0.3 is 15.1 Å². The van der Waals surface area contributed by atoms with Crippen molar-refractivity contribution in [3.63, 3.8) is 0 Å². The summed E-state index contributed by atoms with van der Waals surface area (Å²) in [5, 5.41) is 3.53. The summed E-state index contributed by atoms with van der Waals surface area (Å²) in [7, 11) is 0. The van der Waals surface area contributed by atoms with Crippen molar-refractivity contribution in [2.24, 2.45) is 5.92 Å². The maximum Gasteiger partial charge on any atom is 0.253 e. The number of hydrogen-bond acceptors (Lipinski definition) is 4. The second-order valence-corrected chi connectivity index (χ2v) is 8.61. The number of amides is 3. The highest BCUT2D eigenvalue weighted by Gasteiger charge is 2.35. The van der Waals surface area contributed by atoms with Gasteiger partial charge in [-0.1, -0.05) is 35.9 Å². The Balaban J connectivity index is 1.18. The summed E-state index contributed by atoms with van der Waals surface area (Å²) in [6, 6.07) is 16.5. The minimum Gasteiger partial charge on any atom is -0.355 e.